The minimum atomic E-state index is -3.94. The zero-order valence-corrected chi connectivity index (χ0v) is 9.02. The number of benzene rings is 1. The summed E-state index contributed by atoms with van der Waals surface area (Å²) in [6, 6.07) is 3.42. The third-order valence-electron chi connectivity index (χ3n) is 1.65. The maximum atomic E-state index is 10.8. The van der Waals surface area contributed by atoms with Crippen LogP contribution in [0.15, 0.2) is 18.2 Å². The molecule has 0 heterocycles. The molecular weight excluding hydrogens is 238 g/mol. The number of nitrogens with one attached hydrogen (secondary N) is 1. The van der Waals surface area contributed by atoms with Crippen LogP contribution in [0.3, 0.4) is 0 Å². The van der Waals surface area contributed by atoms with Gasteiger partial charge in [-0.05, 0) is 6.07 Å². The first-order valence-corrected chi connectivity index (χ1v) is 5.51. The molecule has 0 aromatic heterocycles. The van der Waals surface area contributed by atoms with E-state index in [-0.39, 0.29) is 17.1 Å². The number of non-ortho nitro benzene ring substituents is 1. The van der Waals surface area contributed by atoms with Crippen LogP contribution in [-0.2, 0) is 10.2 Å². The van der Waals surface area contributed by atoms with Gasteiger partial charge in [0.1, 0.15) is 5.75 Å². The number of hydrogen-bond donors (Lipinski definition) is 2. The molecule has 0 radical (unpaired) electrons. The molecule has 16 heavy (non-hydrogen) atoms. The molecule has 0 aliphatic carbocycles. The van der Waals surface area contributed by atoms with Crippen LogP contribution in [0.5, 0.6) is 5.75 Å². The first-order chi connectivity index (χ1) is 7.33. The fourth-order valence-corrected chi connectivity index (χ4v) is 1.51. The smallest absolute Gasteiger partial charge is 0.296 e. The van der Waals surface area contributed by atoms with Crippen LogP contribution in [0.4, 0.5) is 11.4 Å². The summed E-state index contributed by atoms with van der Waals surface area (Å²) in [6.07, 6.45) is 0. The predicted molar refractivity (Wildman–Crippen MR) is 56.4 cm³/mol. The Morgan fingerprint density at radius 3 is 2.56 bits per heavy atom. The summed E-state index contributed by atoms with van der Waals surface area (Å²) in [5.74, 6) is 0.0169. The molecule has 0 spiro atoms. The van der Waals surface area contributed by atoms with E-state index in [0.717, 1.165) is 12.1 Å². The van der Waals surface area contributed by atoms with Gasteiger partial charge in [-0.1, -0.05) is 0 Å². The van der Waals surface area contributed by atoms with Gasteiger partial charge in [0.25, 0.3) is 15.9 Å². The molecule has 0 aliphatic rings. The number of anilines is 1. The highest BCUT2D eigenvalue weighted by molar-refractivity contribution is 7.90. The lowest BCUT2D eigenvalue weighted by atomic mass is 10.2. The maximum absolute atomic E-state index is 10.8. The average molecular weight is 247 g/mol. The van der Waals surface area contributed by atoms with E-state index in [0.29, 0.717) is 0 Å². The summed E-state index contributed by atoms with van der Waals surface area (Å²) < 4.78 is 28.3. The Labute approximate surface area is 91.3 Å². The third kappa shape index (κ3) is 3.07. The lowest BCUT2D eigenvalue weighted by Gasteiger charge is -2.08. The van der Waals surface area contributed by atoms with Crippen molar-refractivity contribution >= 4 is 21.6 Å². The molecule has 0 bridgehead atoms. The van der Waals surface area contributed by atoms with E-state index in [9.17, 15) is 18.5 Å². The maximum Gasteiger partial charge on any atom is 0.296 e. The molecule has 8 nitrogen and oxygen atoms in total. The number of nitrogens with zero attached hydrogens (tertiary/aromatic N) is 1. The number of nitro groups is 1. The second-order valence-electron chi connectivity index (χ2n) is 2.79. The number of hydrogen-bond acceptors (Lipinski definition) is 5. The normalized spacial score (nSPS) is 10.9. The lowest BCUT2D eigenvalue weighted by Crippen LogP contribution is -2.22. The molecular formula is C7H9N3O5S. The van der Waals surface area contributed by atoms with Gasteiger partial charge in [-0.2, -0.15) is 8.42 Å². The summed E-state index contributed by atoms with van der Waals surface area (Å²) >= 11 is 0. The van der Waals surface area contributed by atoms with Crippen molar-refractivity contribution in [3.8, 4) is 5.75 Å². The van der Waals surface area contributed by atoms with Gasteiger partial charge in [-0.25, -0.2) is 5.14 Å². The Hall–Kier alpha value is -1.87. The van der Waals surface area contributed by atoms with Crippen molar-refractivity contribution in [1.82, 2.24) is 0 Å². The van der Waals surface area contributed by atoms with E-state index >= 15 is 0 Å². The highest BCUT2D eigenvalue weighted by Gasteiger charge is 2.13. The summed E-state index contributed by atoms with van der Waals surface area (Å²) in [4.78, 5) is 9.83. The summed E-state index contributed by atoms with van der Waals surface area (Å²) in [7, 11) is -2.69. The van der Waals surface area contributed by atoms with Gasteiger partial charge < -0.3 is 4.74 Å². The zero-order valence-electron chi connectivity index (χ0n) is 8.21. The Morgan fingerprint density at radius 2 is 2.12 bits per heavy atom. The molecule has 0 saturated carbocycles. The summed E-state index contributed by atoms with van der Waals surface area (Å²) in [5, 5.41) is 15.2. The van der Waals surface area contributed by atoms with Crippen LogP contribution >= 0.6 is 0 Å². The van der Waals surface area contributed by atoms with Crippen LogP contribution in [0.25, 0.3) is 0 Å². The molecule has 1 aromatic rings. The molecule has 88 valence electrons. The number of nitrogens with two attached hydrogens (primary N) is 1. The largest absolute Gasteiger partial charge is 0.494 e. The Bertz CT molecular complexity index is 513. The van der Waals surface area contributed by atoms with E-state index in [2.05, 4.69) is 0 Å². The fourth-order valence-electron chi connectivity index (χ4n) is 1.03. The molecule has 0 fully saturated rings. The van der Waals surface area contributed by atoms with Crippen LogP contribution in [0, 0.1) is 10.1 Å². The van der Waals surface area contributed by atoms with Crippen LogP contribution < -0.4 is 14.6 Å². The number of rotatable bonds is 4. The Kier molecular flexibility index (Phi) is 3.30. The lowest BCUT2D eigenvalue weighted by molar-refractivity contribution is -0.384. The van der Waals surface area contributed by atoms with Gasteiger partial charge in [-0.3, -0.25) is 14.8 Å². The molecule has 9 heteroatoms. The van der Waals surface area contributed by atoms with E-state index in [1.54, 1.807) is 0 Å². The van der Waals surface area contributed by atoms with Crippen molar-refractivity contribution in [3.05, 3.63) is 28.3 Å². The van der Waals surface area contributed by atoms with Crippen molar-refractivity contribution in [2.45, 2.75) is 0 Å². The monoisotopic (exact) mass is 247 g/mol. The van der Waals surface area contributed by atoms with Crippen molar-refractivity contribution in [2.75, 3.05) is 11.8 Å². The summed E-state index contributed by atoms with van der Waals surface area (Å²) in [5.41, 5.74) is -0.174. The topological polar surface area (TPSA) is 125 Å². The fraction of sp³-hybridized carbons (Fsp3) is 0.143. The van der Waals surface area contributed by atoms with Crippen molar-refractivity contribution in [2.24, 2.45) is 5.14 Å². The minimum Gasteiger partial charge on any atom is -0.494 e. The van der Waals surface area contributed by atoms with Crippen LogP contribution in [0.2, 0.25) is 0 Å². The van der Waals surface area contributed by atoms with E-state index < -0.39 is 15.1 Å². The highest BCUT2D eigenvalue weighted by atomic mass is 32.2. The predicted octanol–water partition coefficient (Wildman–Crippen LogP) is 0.219. The molecule has 1 rings (SSSR count). The molecule has 0 unspecified atom stereocenters. The Morgan fingerprint density at radius 1 is 1.50 bits per heavy atom. The van der Waals surface area contributed by atoms with Gasteiger partial charge in [0.15, 0.2) is 0 Å². The van der Waals surface area contributed by atoms with Gasteiger partial charge in [0, 0.05) is 6.07 Å². The minimum absolute atomic E-state index is 0.0169. The van der Waals surface area contributed by atoms with Gasteiger partial charge in [0.05, 0.1) is 23.8 Å². The molecule has 0 atom stereocenters. The molecule has 3 N–H and O–H groups in total. The van der Waals surface area contributed by atoms with E-state index in [1.807, 2.05) is 4.72 Å². The number of methoxy groups -OCH3 is 1. The zero-order chi connectivity index (χ0) is 12.3. The molecule has 0 amide bonds. The number of ether oxygens (including phenoxy) is 1. The second-order valence-corrected chi connectivity index (χ2v) is 4.08. The third-order valence-corrected chi connectivity index (χ3v) is 2.15. The van der Waals surface area contributed by atoms with Crippen molar-refractivity contribution in [3.63, 3.8) is 0 Å². The van der Waals surface area contributed by atoms with Gasteiger partial charge in [-0.15, -0.1) is 0 Å². The quantitative estimate of drug-likeness (QED) is 0.581. The van der Waals surface area contributed by atoms with E-state index in [4.69, 9.17) is 9.88 Å². The standard InChI is InChI=1S/C7H9N3O5S/c1-15-7-4-5(10(11)12)2-3-6(7)9-16(8,13)14/h2-4,9H,1H3,(H2,8,13,14). The van der Waals surface area contributed by atoms with E-state index in [1.165, 1.54) is 13.2 Å². The highest BCUT2D eigenvalue weighted by Crippen LogP contribution is 2.29. The second kappa shape index (κ2) is 4.33. The van der Waals surface area contributed by atoms with Crippen molar-refractivity contribution in [1.29, 1.82) is 0 Å². The first-order valence-electron chi connectivity index (χ1n) is 3.96. The molecule has 1 aromatic carbocycles. The van der Waals surface area contributed by atoms with Crippen LogP contribution in [-0.4, -0.2) is 20.5 Å². The van der Waals surface area contributed by atoms with Gasteiger partial charge in [0.2, 0.25) is 0 Å². The number of nitro benzene ring substituents is 1. The van der Waals surface area contributed by atoms with Crippen LogP contribution in [0.1, 0.15) is 0 Å². The molecule has 0 saturated heterocycles. The summed E-state index contributed by atoms with van der Waals surface area (Å²) in [6.45, 7) is 0. The average Bonchev–Trinajstić information content (AvgIpc) is 2.15. The van der Waals surface area contributed by atoms with Crippen molar-refractivity contribution < 1.29 is 18.1 Å². The first kappa shape index (κ1) is 12.2. The van der Waals surface area contributed by atoms with Gasteiger partial charge >= 0.3 is 0 Å². The SMILES string of the molecule is COc1cc([N+](=O)[O-])ccc1NS(N)(=O)=O. The molecule has 0 aliphatic heterocycles. The Balaban J connectivity index is 3.17.